The van der Waals surface area contributed by atoms with Gasteiger partial charge in [-0.05, 0) is 19.4 Å². The smallest absolute Gasteiger partial charge is 0.225 e. The molecule has 1 unspecified atom stereocenters. The average Bonchev–Trinajstić information content (AvgIpc) is 3.06. The Balaban J connectivity index is 0.00000320. The van der Waals surface area contributed by atoms with Crippen molar-refractivity contribution < 1.29 is 13.2 Å². The van der Waals surface area contributed by atoms with E-state index < -0.39 is 9.84 Å². The van der Waals surface area contributed by atoms with Gasteiger partial charge in [-0.3, -0.25) is 9.79 Å². The maximum Gasteiger partial charge on any atom is 0.225 e. The Morgan fingerprint density at radius 3 is 2.53 bits per heavy atom. The number of anilines is 1. The third-order valence-electron chi connectivity index (χ3n) is 4.95. The molecule has 12 heteroatoms. The van der Waals surface area contributed by atoms with Crippen LogP contribution in [0.1, 0.15) is 19.8 Å². The summed E-state index contributed by atoms with van der Waals surface area (Å²) in [6.07, 6.45) is 4.22. The largest absolute Gasteiger partial charge is 0.357 e. The number of nitrogens with zero attached hydrogens (tertiary/aromatic N) is 5. The Morgan fingerprint density at radius 1 is 1.23 bits per heavy atom. The van der Waals surface area contributed by atoms with Gasteiger partial charge in [-0.1, -0.05) is 0 Å². The number of hydrogen-bond acceptors (Lipinski definition) is 7. The lowest BCUT2D eigenvalue weighted by atomic mass is 10.2. The molecule has 10 nitrogen and oxygen atoms in total. The standard InChI is InChI=1S/C18H29N7O3S.HI/c1-2-19-17(22-8-4-16(26)23-15-5-13-29(27,28)14-15)24-9-11-25(12-10-24)18-20-6-3-7-21-18;/h3,6-7,15H,2,4-5,8-14H2,1H3,(H,19,22)(H,23,26);1H. The summed E-state index contributed by atoms with van der Waals surface area (Å²) in [5.74, 6) is 1.57. The lowest BCUT2D eigenvalue weighted by Crippen LogP contribution is -2.53. The highest BCUT2D eigenvalue weighted by Gasteiger charge is 2.28. The first-order valence-corrected chi connectivity index (χ1v) is 11.8. The number of hydrogen-bond donors (Lipinski definition) is 2. The predicted octanol–water partition coefficient (Wildman–Crippen LogP) is -0.124. The zero-order valence-electron chi connectivity index (χ0n) is 17.2. The number of piperazine rings is 1. The fourth-order valence-electron chi connectivity index (χ4n) is 3.47. The van der Waals surface area contributed by atoms with Gasteiger partial charge in [0.15, 0.2) is 15.8 Å². The Kier molecular flexibility index (Phi) is 9.52. The summed E-state index contributed by atoms with van der Waals surface area (Å²) >= 11 is 0. The topological polar surface area (TPSA) is 120 Å². The van der Waals surface area contributed by atoms with Crippen molar-refractivity contribution in [1.29, 1.82) is 0 Å². The van der Waals surface area contributed by atoms with E-state index >= 15 is 0 Å². The SMILES string of the molecule is CCNC(=NCCC(=O)NC1CCS(=O)(=O)C1)N1CCN(c2ncccn2)CC1.I. The third-order valence-corrected chi connectivity index (χ3v) is 6.72. The molecular weight excluding hydrogens is 521 g/mol. The average molecular weight is 551 g/mol. The van der Waals surface area contributed by atoms with Crippen LogP contribution in [0.2, 0.25) is 0 Å². The lowest BCUT2D eigenvalue weighted by Gasteiger charge is -2.36. The van der Waals surface area contributed by atoms with Gasteiger partial charge in [0, 0.05) is 57.6 Å². The molecule has 0 aliphatic carbocycles. The summed E-state index contributed by atoms with van der Waals surface area (Å²) in [6, 6.07) is 1.54. The van der Waals surface area contributed by atoms with Crippen LogP contribution < -0.4 is 15.5 Å². The van der Waals surface area contributed by atoms with Gasteiger partial charge in [-0.2, -0.15) is 0 Å². The van der Waals surface area contributed by atoms with Crippen LogP contribution in [-0.4, -0.2) is 92.0 Å². The molecule has 1 amide bonds. The highest BCUT2D eigenvalue weighted by molar-refractivity contribution is 14.0. The molecule has 1 aromatic heterocycles. The molecule has 2 N–H and O–H groups in total. The molecule has 1 aromatic rings. The van der Waals surface area contributed by atoms with Crippen molar-refractivity contribution in [3.05, 3.63) is 18.5 Å². The zero-order chi connectivity index (χ0) is 20.7. The maximum absolute atomic E-state index is 12.1. The van der Waals surface area contributed by atoms with Crippen LogP contribution in [0.5, 0.6) is 0 Å². The summed E-state index contributed by atoms with van der Waals surface area (Å²) in [6.45, 7) is 6.28. The van der Waals surface area contributed by atoms with Crippen LogP contribution in [0.4, 0.5) is 5.95 Å². The van der Waals surface area contributed by atoms with E-state index in [9.17, 15) is 13.2 Å². The van der Waals surface area contributed by atoms with E-state index in [-0.39, 0.29) is 53.9 Å². The van der Waals surface area contributed by atoms with E-state index in [0.29, 0.717) is 13.0 Å². The van der Waals surface area contributed by atoms with Crippen LogP contribution in [0.15, 0.2) is 23.5 Å². The van der Waals surface area contributed by atoms with Gasteiger partial charge in [-0.25, -0.2) is 18.4 Å². The number of rotatable bonds is 6. The summed E-state index contributed by atoms with van der Waals surface area (Å²) in [5, 5.41) is 6.08. The second kappa shape index (κ2) is 11.6. The van der Waals surface area contributed by atoms with E-state index in [0.717, 1.165) is 44.6 Å². The molecule has 0 spiro atoms. The van der Waals surface area contributed by atoms with Crippen LogP contribution in [0, 0.1) is 0 Å². The monoisotopic (exact) mass is 551 g/mol. The molecule has 0 radical (unpaired) electrons. The molecule has 2 fully saturated rings. The van der Waals surface area contributed by atoms with Gasteiger partial charge in [-0.15, -0.1) is 24.0 Å². The minimum absolute atomic E-state index is 0. The summed E-state index contributed by atoms with van der Waals surface area (Å²) < 4.78 is 23.0. The first-order chi connectivity index (χ1) is 14.0. The number of amides is 1. The number of guanidine groups is 1. The maximum atomic E-state index is 12.1. The van der Waals surface area contributed by atoms with Gasteiger partial charge in [0.2, 0.25) is 11.9 Å². The molecule has 0 saturated carbocycles. The van der Waals surface area contributed by atoms with E-state index in [1.54, 1.807) is 18.5 Å². The predicted molar refractivity (Wildman–Crippen MR) is 127 cm³/mol. The number of nitrogens with one attached hydrogen (secondary N) is 2. The molecule has 2 saturated heterocycles. The number of sulfone groups is 1. The first kappa shape index (κ1) is 24.6. The Morgan fingerprint density at radius 2 is 1.93 bits per heavy atom. The Bertz CT molecular complexity index is 814. The van der Waals surface area contributed by atoms with Gasteiger partial charge in [0.05, 0.1) is 18.1 Å². The summed E-state index contributed by atoms with van der Waals surface area (Å²) in [5.41, 5.74) is 0. The van der Waals surface area contributed by atoms with Crippen LogP contribution >= 0.6 is 24.0 Å². The molecule has 168 valence electrons. The van der Waals surface area contributed by atoms with Gasteiger partial charge in [0.1, 0.15) is 0 Å². The third kappa shape index (κ3) is 7.22. The minimum Gasteiger partial charge on any atom is -0.357 e. The van der Waals surface area contributed by atoms with Crippen molar-refractivity contribution in [2.24, 2.45) is 4.99 Å². The van der Waals surface area contributed by atoms with Crippen molar-refractivity contribution in [2.45, 2.75) is 25.8 Å². The zero-order valence-corrected chi connectivity index (χ0v) is 20.3. The van der Waals surface area contributed by atoms with Crippen LogP contribution in [0.25, 0.3) is 0 Å². The number of aliphatic imine (C=N–C) groups is 1. The fraction of sp³-hybridized carbons (Fsp3) is 0.667. The lowest BCUT2D eigenvalue weighted by molar-refractivity contribution is -0.121. The van der Waals surface area contributed by atoms with Crippen molar-refractivity contribution in [3.8, 4) is 0 Å². The number of halogens is 1. The van der Waals surface area contributed by atoms with Crippen molar-refractivity contribution in [2.75, 3.05) is 55.7 Å². The van der Waals surface area contributed by atoms with Crippen LogP contribution in [-0.2, 0) is 14.6 Å². The van der Waals surface area contributed by atoms with E-state index in [1.807, 2.05) is 6.92 Å². The number of carbonyl (C=O) groups is 1. The van der Waals surface area contributed by atoms with Crippen molar-refractivity contribution >= 4 is 51.6 Å². The second-order valence-electron chi connectivity index (χ2n) is 7.18. The van der Waals surface area contributed by atoms with Gasteiger partial charge in [0.25, 0.3) is 0 Å². The summed E-state index contributed by atoms with van der Waals surface area (Å²) in [4.78, 5) is 29.6. The van der Waals surface area contributed by atoms with E-state index in [1.165, 1.54) is 0 Å². The second-order valence-corrected chi connectivity index (χ2v) is 9.40. The molecule has 2 aliphatic rings. The number of aromatic nitrogens is 2. The van der Waals surface area contributed by atoms with Crippen molar-refractivity contribution in [3.63, 3.8) is 0 Å². The first-order valence-electron chi connectivity index (χ1n) is 10.0. The van der Waals surface area contributed by atoms with E-state index in [4.69, 9.17) is 0 Å². The van der Waals surface area contributed by atoms with Gasteiger partial charge >= 0.3 is 0 Å². The van der Waals surface area contributed by atoms with Gasteiger partial charge < -0.3 is 20.4 Å². The molecular formula is C18H30IN7O3S. The van der Waals surface area contributed by atoms with E-state index in [2.05, 4.69) is 35.4 Å². The Labute approximate surface area is 194 Å². The molecule has 3 rings (SSSR count). The Hall–Kier alpha value is -1.70. The number of carbonyl (C=O) groups excluding carboxylic acids is 1. The molecule has 1 atom stereocenters. The fourth-order valence-corrected chi connectivity index (χ4v) is 5.14. The summed E-state index contributed by atoms with van der Waals surface area (Å²) in [7, 11) is -2.99. The minimum atomic E-state index is -2.99. The normalized spacial score (nSPS) is 21.1. The quantitative estimate of drug-likeness (QED) is 0.285. The highest BCUT2D eigenvalue weighted by atomic mass is 127. The van der Waals surface area contributed by atoms with Crippen LogP contribution in [0.3, 0.4) is 0 Å². The van der Waals surface area contributed by atoms with Crippen molar-refractivity contribution in [1.82, 2.24) is 25.5 Å². The molecule has 30 heavy (non-hydrogen) atoms. The molecule has 0 bridgehead atoms. The molecule has 3 heterocycles. The molecule has 0 aromatic carbocycles. The highest BCUT2D eigenvalue weighted by Crippen LogP contribution is 2.12. The molecule has 2 aliphatic heterocycles.